The van der Waals surface area contributed by atoms with Crippen LogP contribution >= 0.6 is 11.6 Å². The van der Waals surface area contributed by atoms with Crippen molar-refractivity contribution in [3.05, 3.63) is 191 Å². The third kappa shape index (κ3) is 4.57. The van der Waals surface area contributed by atoms with Crippen LogP contribution in [0.25, 0.3) is 50.9 Å². The first-order valence-corrected chi connectivity index (χ1v) is 17.7. The Morgan fingerprint density at radius 1 is 0.529 bits per heavy atom. The van der Waals surface area contributed by atoms with E-state index in [0.29, 0.717) is 17.5 Å². The van der Waals surface area contributed by atoms with E-state index in [9.17, 15) is 0 Å². The number of aromatic nitrogens is 3. The highest BCUT2D eigenvalue weighted by molar-refractivity contribution is 6.33. The van der Waals surface area contributed by atoms with Gasteiger partial charge < -0.3 is 4.74 Å². The summed E-state index contributed by atoms with van der Waals surface area (Å²) in [6.45, 7) is 0. The van der Waals surface area contributed by atoms with Crippen LogP contribution in [0.15, 0.2) is 163 Å². The van der Waals surface area contributed by atoms with E-state index in [1.54, 1.807) is 0 Å². The predicted molar refractivity (Wildman–Crippen MR) is 205 cm³/mol. The predicted octanol–water partition coefficient (Wildman–Crippen LogP) is 11.8. The number of nitrogens with zero attached hydrogens (tertiary/aromatic N) is 3. The van der Waals surface area contributed by atoms with E-state index in [2.05, 4.69) is 91.0 Å². The van der Waals surface area contributed by atoms with Crippen LogP contribution in [0.1, 0.15) is 35.1 Å². The van der Waals surface area contributed by atoms with E-state index in [0.717, 1.165) is 73.9 Å². The molecule has 0 radical (unpaired) electrons. The molecule has 10 rings (SSSR count). The largest absolute Gasteiger partial charge is 0.456 e. The van der Waals surface area contributed by atoms with Gasteiger partial charge in [0.2, 0.25) is 0 Å². The molecule has 0 saturated carbocycles. The molecule has 6 aromatic carbocycles. The smallest absolute Gasteiger partial charge is 0.164 e. The Balaban J connectivity index is 1.13. The van der Waals surface area contributed by atoms with E-state index >= 15 is 0 Å². The zero-order valence-electron chi connectivity index (χ0n) is 27.6. The van der Waals surface area contributed by atoms with Gasteiger partial charge in [0.15, 0.2) is 17.5 Å². The van der Waals surface area contributed by atoms with E-state index < -0.39 is 5.41 Å². The molecule has 1 spiro atoms. The zero-order valence-corrected chi connectivity index (χ0v) is 28.3. The van der Waals surface area contributed by atoms with Gasteiger partial charge in [-0.3, -0.25) is 0 Å². The summed E-state index contributed by atoms with van der Waals surface area (Å²) in [5.74, 6) is 3.62. The molecule has 0 N–H and O–H groups in total. The molecular weight excluding hydrogens is 646 g/mol. The number of rotatable bonds is 4. The summed E-state index contributed by atoms with van der Waals surface area (Å²) in [5, 5.41) is 0.800. The van der Waals surface area contributed by atoms with Crippen LogP contribution in [0.5, 0.6) is 11.5 Å². The molecule has 1 unspecified atom stereocenters. The lowest BCUT2D eigenvalue weighted by atomic mass is 9.64. The molecule has 7 aromatic rings. The fourth-order valence-electron chi connectivity index (χ4n) is 8.17. The molecule has 5 heteroatoms. The van der Waals surface area contributed by atoms with Gasteiger partial charge in [-0.1, -0.05) is 157 Å². The minimum Gasteiger partial charge on any atom is -0.456 e. The van der Waals surface area contributed by atoms with Crippen LogP contribution in [0, 0.1) is 0 Å². The summed E-state index contributed by atoms with van der Waals surface area (Å²) in [4.78, 5) is 14.7. The molecule has 0 amide bonds. The standard InChI is InChI=1S/C46H30ClN3O/c47-39-23-12-21-37-41(39)34-17-7-8-19-35(34)46(37)36-20-9-10-24-40(36)51-42-33(18-11-22-38(42)46)29-25-27-32(28-26-29)45-49-43(30-13-3-1-4-14-30)48-44(50-45)31-15-5-2-6-16-31/h1-6,8-16,18-28H,7,17H2. The Morgan fingerprint density at radius 3 is 1.80 bits per heavy atom. The molecule has 0 saturated heterocycles. The van der Waals surface area contributed by atoms with Gasteiger partial charge >= 0.3 is 0 Å². The summed E-state index contributed by atoms with van der Waals surface area (Å²) in [6, 6.07) is 49.9. The van der Waals surface area contributed by atoms with Crippen LogP contribution in [-0.4, -0.2) is 15.0 Å². The van der Waals surface area contributed by atoms with Gasteiger partial charge in [0, 0.05) is 44.0 Å². The van der Waals surface area contributed by atoms with Crippen molar-refractivity contribution in [2.45, 2.75) is 18.3 Å². The van der Waals surface area contributed by atoms with E-state index in [-0.39, 0.29) is 0 Å². The lowest BCUT2D eigenvalue weighted by Crippen LogP contribution is -2.33. The molecule has 51 heavy (non-hydrogen) atoms. The third-order valence-corrected chi connectivity index (χ3v) is 10.7. The third-order valence-electron chi connectivity index (χ3n) is 10.4. The number of para-hydroxylation sites is 2. The Labute approximate surface area is 301 Å². The Bertz CT molecular complexity index is 2500. The van der Waals surface area contributed by atoms with Crippen LogP contribution in [-0.2, 0) is 5.41 Å². The van der Waals surface area contributed by atoms with Crippen molar-refractivity contribution in [1.29, 1.82) is 0 Å². The van der Waals surface area contributed by atoms with E-state index in [4.69, 9.17) is 31.3 Å². The quantitative estimate of drug-likeness (QED) is 0.186. The van der Waals surface area contributed by atoms with Gasteiger partial charge in [0.25, 0.3) is 0 Å². The molecule has 0 bridgehead atoms. The molecule has 0 fully saturated rings. The molecular formula is C46H30ClN3O. The van der Waals surface area contributed by atoms with Crippen molar-refractivity contribution in [3.63, 3.8) is 0 Å². The topological polar surface area (TPSA) is 47.9 Å². The molecule has 4 nitrogen and oxygen atoms in total. The van der Waals surface area contributed by atoms with Gasteiger partial charge in [0.1, 0.15) is 11.5 Å². The minimum absolute atomic E-state index is 0.542. The second-order valence-corrected chi connectivity index (χ2v) is 13.5. The Hall–Kier alpha value is -6.10. The molecule has 1 atom stereocenters. The number of hydrogen-bond acceptors (Lipinski definition) is 4. The van der Waals surface area contributed by atoms with E-state index in [1.807, 2.05) is 66.7 Å². The van der Waals surface area contributed by atoms with Crippen molar-refractivity contribution in [2.24, 2.45) is 0 Å². The van der Waals surface area contributed by atoms with Crippen LogP contribution in [0.2, 0.25) is 5.02 Å². The average molecular weight is 676 g/mol. The lowest BCUT2D eigenvalue weighted by Gasteiger charge is -2.41. The van der Waals surface area contributed by atoms with Gasteiger partial charge in [-0.2, -0.15) is 0 Å². The SMILES string of the molecule is Clc1cccc2c1C1=C(C=CCC1)C21c2ccccc2Oc2c(-c3ccc(-c4nc(-c5ccccc5)nc(-c5ccccc5)n4)cc3)cccc21. The molecule has 2 aliphatic carbocycles. The van der Waals surface area contributed by atoms with Crippen molar-refractivity contribution >= 4 is 17.2 Å². The first-order valence-electron chi connectivity index (χ1n) is 17.3. The Kier molecular flexibility index (Phi) is 6.87. The Morgan fingerprint density at radius 2 is 1.10 bits per heavy atom. The maximum Gasteiger partial charge on any atom is 0.164 e. The second-order valence-electron chi connectivity index (χ2n) is 13.1. The fraction of sp³-hybridized carbons (Fsp3) is 0.0652. The number of hydrogen-bond donors (Lipinski definition) is 0. The van der Waals surface area contributed by atoms with Crippen molar-refractivity contribution in [1.82, 2.24) is 15.0 Å². The summed E-state index contributed by atoms with van der Waals surface area (Å²) in [7, 11) is 0. The highest BCUT2D eigenvalue weighted by Crippen LogP contribution is 2.64. The van der Waals surface area contributed by atoms with Crippen molar-refractivity contribution < 1.29 is 4.74 Å². The molecule has 242 valence electrons. The monoisotopic (exact) mass is 675 g/mol. The maximum atomic E-state index is 7.02. The van der Waals surface area contributed by atoms with Crippen LogP contribution < -0.4 is 4.74 Å². The lowest BCUT2D eigenvalue weighted by molar-refractivity contribution is 0.437. The zero-order chi connectivity index (χ0) is 33.9. The summed E-state index contributed by atoms with van der Waals surface area (Å²) in [5.41, 5.74) is 11.6. The average Bonchev–Trinajstić information content (AvgIpc) is 3.50. The summed E-state index contributed by atoms with van der Waals surface area (Å²) >= 11 is 7.02. The van der Waals surface area contributed by atoms with Gasteiger partial charge in [-0.15, -0.1) is 0 Å². The molecule has 1 aromatic heterocycles. The van der Waals surface area contributed by atoms with Crippen molar-refractivity contribution in [2.75, 3.05) is 0 Å². The summed E-state index contributed by atoms with van der Waals surface area (Å²) < 4.78 is 6.91. The van der Waals surface area contributed by atoms with Crippen LogP contribution in [0.3, 0.4) is 0 Å². The van der Waals surface area contributed by atoms with Gasteiger partial charge in [-0.05, 0) is 47.2 Å². The minimum atomic E-state index is -0.542. The highest BCUT2D eigenvalue weighted by atomic mass is 35.5. The van der Waals surface area contributed by atoms with Crippen LogP contribution in [0.4, 0.5) is 0 Å². The maximum absolute atomic E-state index is 7.02. The normalized spacial score (nSPS) is 16.6. The van der Waals surface area contributed by atoms with Crippen molar-refractivity contribution in [3.8, 4) is 56.8 Å². The highest BCUT2D eigenvalue weighted by Gasteiger charge is 2.52. The first kappa shape index (κ1) is 29.8. The first-order chi connectivity index (χ1) is 25.2. The summed E-state index contributed by atoms with van der Waals surface area (Å²) in [6.07, 6.45) is 6.58. The van der Waals surface area contributed by atoms with Gasteiger partial charge in [-0.25, -0.2) is 15.0 Å². The number of ether oxygens (including phenoxy) is 1. The van der Waals surface area contributed by atoms with E-state index in [1.165, 1.54) is 16.7 Å². The molecule has 3 aliphatic rings. The molecule has 2 heterocycles. The van der Waals surface area contributed by atoms with Gasteiger partial charge in [0.05, 0.1) is 5.41 Å². The number of fused-ring (bicyclic) bond motifs is 8. The number of halogens is 1. The fourth-order valence-corrected chi connectivity index (χ4v) is 8.46. The number of allylic oxidation sites excluding steroid dienone is 4. The second kappa shape index (κ2) is 11.8. The molecule has 1 aliphatic heterocycles. The number of benzene rings is 6.